The number of aliphatic carboxylic acids is 1. The number of carboxylic acid groups (broad SMARTS) is 1. The van der Waals surface area contributed by atoms with Crippen molar-refractivity contribution in [2.75, 3.05) is 0 Å². The van der Waals surface area contributed by atoms with Crippen LogP contribution in [0.1, 0.15) is 6.42 Å². The highest BCUT2D eigenvalue weighted by Gasteiger charge is 2.19. The van der Waals surface area contributed by atoms with Crippen LogP contribution < -0.4 is 16.6 Å². The van der Waals surface area contributed by atoms with E-state index in [1.165, 1.54) is 0 Å². The fourth-order valence-corrected chi connectivity index (χ4v) is 0.611. The summed E-state index contributed by atoms with van der Waals surface area (Å²) in [6.07, 6.45) is 0.545. The number of nitrogens with two attached hydrogens (primary N) is 1. The van der Waals surface area contributed by atoms with Crippen molar-refractivity contribution in [1.29, 1.82) is 0 Å². The standard InChI is InChI=1S/C7H11N3O4/c1-2-6(12)10-9-4(7(13)14)3-5(8)11/h2,4,9H,1,3H2,(H2,8,11)(H,10,12)(H,13,14). The van der Waals surface area contributed by atoms with Crippen molar-refractivity contribution in [3.8, 4) is 0 Å². The Morgan fingerprint density at radius 2 is 2.07 bits per heavy atom. The smallest absolute Gasteiger partial charge is 0.323 e. The lowest BCUT2D eigenvalue weighted by molar-refractivity contribution is -0.141. The average Bonchev–Trinajstić information content (AvgIpc) is 2.10. The Labute approximate surface area is 79.9 Å². The summed E-state index contributed by atoms with van der Waals surface area (Å²) in [6, 6.07) is -1.24. The van der Waals surface area contributed by atoms with Crippen LogP contribution in [-0.4, -0.2) is 28.9 Å². The van der Waals surface area contributed by atoms with Crippen molar-refractivity contribution >= 4 is 17.8 Å². The van der Waals surface area contributed by atoms with Gasteiger partial charge in [-0.25, -0.2) is 5.43 Å². The average molecular weight is 201 g/mol. The predicted octanol–water partition coefficient (Wildman–Crippen LogP) is -1.88. The highest BCUT2D eigenvalue weighted by atomic mass is 16.4. The number of carbonyl (C=O) groups is 3. The number of hydrogen-bond donors (Lipinski definition) is 4. The van der Waals surface area contributed by atoms with Crippen LogP contribution in [0, 0.1) is 0 Å². The molecule has 1 atom stereocenters. The van der Waals surface area contributed by atoms with Gasteiger partial charge in [0.2, 0.25) is 5.91 Å². The number of carboxylic acids is 1. The van der Waals surface area contributed by atoms with Crippen LogP contribution in [-0.2, 0) is 14.4 Å². The topological polar surface area (TPSA) is 122 Å². The lowest BCUT2D eigenvalue weighted by Gasteiger charge is -2.12. The molecule has 2 amide bonds. The van der Waals surface area contributed by atoms with Gasteiger partial charge in [-0.3, -0.25) is 19.8 Å². The maximum Gasteiger partial charge on any atom is 0.323 e. The molecule has 0 rings (SSSR count). The van der Waals surface area contributed by atoms with E-state index in [0.29, 0.717) is 0 Å². The monoisotopic (exact) mass is 201 g/mol. The Morgan fingerprint density at radius 3 is 2.43 bits per heavy atom. The number of hydrazine groups is 1. The SMILES string of the molecule is C=CC(=O)NNC(CC(N)=O)C(=O)O. The molecule has 7 nitrogen and oxygen atoms in total. The van der Waals surface area contributed by atoms with Gasteiger partial charge >= 0.3 is 5.97 Å². The summed E-state index contributed by atoms with van der Waals surface area (Å²) in [4.78, 5) is 31.5. The molecular weight excluding hydrogens is 190 g/mol. The Bertz CT molecular complexity index is 264. The van der Waals surface area contributed by atoms with Gasteiger partial charge in [-0.1, -0.05) is 6.58 Å². The highest BCUT2D eigenvalue weighted by molar-refractivity contribution is 5.87. The van der Waals surface area contributed by atoms with Crippen LogP contribution in [0.5, 0.6) is 0 Å². The summed E-state index contributed by atoms with van der Waals surface area (Å²) < 4.78 is 0. The fraction of sp³-hybridized carbons (Fsp3) is 0.286. The molecule has 0 aromatic carbocycles. The van der Waals surface area contributed by atoms with Crippen molar-refractivity contribution in [3.63, 3.8) is 0 Å². The van der Waals surface area contributed by atoms with Gasteiger partial charge in [-0.2, -0.15) is 0 Å². The molecule has 14 heavy (non-hydrogen) atoms. The first-order valence-corrected chi connectivity index (χ1v) is 3.66. The molecule has 0 aliphatic rings. The van der Waals surface area contributed by atoms with Gasteiger partial charge in [0.25, 0.3) is 5.91 Å². The van der Waals surface area contributed by atoms with E-state index in [4.69, 9.17) is 10.8 Å². The molecule has 5 N–H and O–H groups in total. The van der Waals surface area contributed by atoms with Crippen molar-refractivity contribution < 1.29 is 19.5 Å². The lowest BCUT2D eigenvalue weighted by atomic mass is 10.2. The van der Waals surface area contributed by atoms with E-state index in [1.54, 1.807) is 0 Å². The van der Waals surface area contributed by atoms with Crippen LogP contribution in [0.25, 0.3) is 0 Å². The largest absolute Gasteiger partial charge is 0.480 e. The Kier molecular flexibility index (Phi) is 4.93. The van der Waals surface area contributed by atoms with E-state index in [2.05, 4.69) is 12.0 Å². The number of carbonyl (C=O) groups excluding carboxylic acids is 2. The zero-order chi connectivity index (χ0) is 11.1. The zero-order valence-corrected chi connectivity index (χ0v) is 7.32. The molecule has 0 saturated carbocycles. The quantitative estimate of drug-likeness (QED) is 0.296. The molecule has 0 saturated heterocycles. The van der Waals surface area contributed by atoms with Crippen LogP contribution in [0.2, 0.25) is 0 Å². The van der Waals surface area contributed by atoms with Crippen molar-refractivity contribution in [3.05, 3.63) is 12.7 Å². The molecule has 1 unspecified atom stereocenters. The van der Waals surface area contributed by atoms with E-state index in [1.807, 2.05) is 5.43 Å². The van der Waals surface area contributed by atoms with Crippen LogP contribution >= 0.6 is 0 Å². The Morgan fingerprint density at radius 1 is 1.50 bits per heavy atom. The van der Waals surface area contributed by atoms with Crippen molar-refractivity contribution in [2.24, 2.45) is 5.73 Å². The Balaban J connectivity index is 4.10. The van der Waals surface area contributed by atoms with E-state index in [9.17, 15) is 14.4 Å². The molecule has 0 fully saturated rings. The van der Waals surface area contributed by atoms with Crippen LogP contribution in [0.3, 0.4) is 0 Å². The minimum Gasteiger partial charge on any atom is -0.480 e. The number of amides is 2. The summed E-state index contributed by atoms with van der Waals surface area (Å²) in [5, 5.41) is 8.56. The summed E-state index contributed by atoms with van der Waals surface area (Å²) >= 11 is 0. The highest BCUT2D eigenvalue weighted by Crippen LogP contribution is 1.89. The van der Waals surface area contributed by atoms with Gasteiger partial charge in [-0.05, 0) is 6.08 Å². The molecule has 0 aliphatic heterocycles. The molecular formula is C7H11N3O4. The van der Waals surface area contributed by atoms with Gasteiger partial charge in [-0.15, -0.1) is 0 Å². The molecule has 0 bridgehead atoms. The molecule has 0 heterocycles. The number of rotatable bonds is 6. The molecule has 7 heteroatoms. The first-order chi connectivity index (χ1) is 6.47. The van der Waals surface area contributed by atoms with Crippen molar-refractivity contribution in [1.82, 2.24) is 10.9 Å². The normalized spacial score (nSPS) is 11.4. The third-order valence-electron chi connectivity index (χ3n) is 1.26. The van der Waals surface area contributed by atoms with Crippen LogP contribution in [0.4, 0.5) is 0 Å². The maximum absolute atomic E-state index is 10.6. The second-order valence-corrected chi connectivity index (χ2v) is 2.40. The zero-order valence-electron chi connectivity index (χ0n) is 7.32. The minimum absolute atomic E-state index is 0.410. The fourth-order valence-electron chi connectivity index (χ4n) is 0.611. The summed E-state index contributed by atoms with van der Waals surface area (Å²) in [7, 11) is 0. The third-order valence-corrected chi connectivity index (χ3v) is 1.26. The number of hydrogen-bond acceptors (Lipinski definition) is 4. The summed E-state index contributed by atoms with van der Waals surface area (Å²) in [6.45, 7) is 3.15. The minimum atomic E-state index is -1.28. The molecule has 0 radical (unpaired) electrons. The lowest BCUT2D eigenvalue weighted by Crippen LogP contribution is -2.49. The molecule has 0 aromatic heterocycles. The summed E-state index contributed by atoms with van der Waals surface area (Å²) in [5.41, 5.74) is 8.95. The second kappa shape index (κ2) is 5.70. The maximum atomic E-state index is 10.6. The second-order valence-electron chi connectivity index (χ2n) is 2.40. The van der Waals surface area contributed by atoms with Gasteiger partial charge in [0, 0.05) is 0 Å². The van der Waals surface area contributed by atoms with E-state index >= 15 is 0 Å². The molecule has 0 aromatic rings. The summed E-state index contributed by atoms with van der Waals surface area (Å²) in [5.74, 6) is -2.66. The van der Waals surface area contributed by atoms with E-state index in [-0.39, 0.29) is 0 Å². The van der Waals surface area contributed by atoms with Gasteiger partial charge in [0.05, 0.1) is 6.42 Å². The first-order valence-electron chi connectivity index (χ1n) is 3.66. The molecule has 0 spiro atoms. The molecule has 78 valence electrons. The predicted molar refractivity (Wildman–Crippen MR) is 46.7 cm³/mol. The van der Waals surface area contributed by atoms with E-state index < -0.39 is 30.2 Å². The van der Waals surface area contributed by atoms with Gasteiger partial charge in [0.1, 0.15) is 6.04 Å². The first kappa shape index (κ1) is 12.1. The molecule has 0 aliphatic carbocycles. The van der Waals surface area contributed by atoms with Gasteiger partial charge in [0.15, 0.2) is 0 Å². The Hall–Kier alpha value is -1.89. The number of nitrogens with one attached hydrogen (secondary N) is 2. The van der Waals surface area contributed by atoms with Gasteiger partial charge < -0.3 is 10.8 Å². The number of primary amides is 1. The van der Waals surface area contributed by atoms with E-state index in [0.717, 1.165) is 6.08 Å². The van der Waals surface area contributed by atoms with Crippen molar-refractivity contribution in [2.45, 2.75) is 12.5 Å². The van der Waals surface area contributed by atoms with Crippen LogP contribution in [0.15, 0.2) is 12.7 Å². The third kappa shape index (κ3) is 4.88.